The standard InChI is InChI=1S/C8H11NO2S/c1-5-2-7(12-4-5)6(9)3-8(10)11/h2,4,6H,3,9H2,1H3,(H,10,11). The molecule has 0 saturated carbocycles. The number of aryl methyl sites for hydroxylation is 1. The van der Waals surface area contributed by atoms with E-state index in [-0.39, 0.29) is 12.5 Å². The minimum atomic E-state index is -0.853. The molecule has 1 aromatic heterocycles. The topological polar surface area (TPSA) is 63.3 Å². The lowest BCUT2D eigenvalue weighted by Gasteiger charge is -2.04. The molecule has 1 aromatic rings. The summed E-state index contributed by atoms with van der Waals surface area (Å²) < 4.78 is 0. The van der Waals surface area contributed by atoms with Gasteiger partial charge in [-0.3, -0.25) is 4.79 Å². The number of carboxylic acids is 1. The van der Waals surface area contributed by atoms with Gasteiger partial charge in [-0.05, 0) is 23.9 Å². The zero-order valence-electron chi connectivity index (χ0n) is 6.78. The van der Waals surface area contributed by atoms with Gasteiger partial charge in [-0.15, -0.1) is 11.3 Å². The molecule has 0 spiro atoms. The van der Waals surface area contributed by atoms with E-state index in [1.807, 2.05) is 18.4 Å². The van der Waals surface area contributed by atoms with Gasteiger partial charge >= 0.3 is 5.97 Å². The molecule has 3 nitrogen and oxygen atoms in total. The van der Waals surface area contributed by atoms with Crippen molar-refractivity contribution < 1.29 is 9.90 Å². The Bertz CT molecular complexity index is 282. The number of rotatable bonds is 3. The molecule has 0 aromatic carbocycles. The lowest BCUT2D eigenvalue weighted by molar-refractivity contribution is -0.137. The van der Waals surface area contributed by atoms with Crippen molar-refractivity contribution in [1.29, 1.82) is 0 Å². The molecule has 66 valence electrons. The van der Waals surface area contributed by atoms with Crippen molar-refractivity contribution in [3.8, 4) is 0 Å². The van der Waals surface area contributed by atoms with Crippen molar-refractivity contribution in [3.63, 3.8) is 0 Å². The minimum Gasteiger partial charge on any atom is -0.481 e. The first-order valence-corrected chi connectivity index (χ1v) is 4.50. The van der Waals surface area contributed by atoms with Gasteiger partial charge in [-0.25, -0.2) is 0 Å². The molecule has 0 saturated heterocycles. The van der Waals surface area contributed by atoms with Gasteiger partial charge in [0.2, 0.25) is 0 Å². The molecule has 3 N–H and O–H groups in total. The van der Waals surface area contributed by atoms with E-state index in [0.717, 1.165) is 10.4 Å². The fourth-order valence-electron chi connectivity index (χ4n) is 0.937. The smallest absolute Gasteiger partial charge is 0.305 e. The highest BCUT2D eigenvalue weighted by Gasteiger charge is 2.11. The minimum absolute atomic E-state index is 0.0000463. The Morgan fingerprint density at radius 1 is 1.83 bits per heavy atom. The average molecular weight is 185 g/mol. The highest BCUT2D eigenvalue weighted by Crippen LogP contribution is 2.21. The maximum Gasteiger partial charge on any atom is 0.305 e. The number of thiophene rings is 1. The molecular weight excluding hydrogens is 174 g/mol. The predicted octanol–water partition coefficient (Wildman–Crippen LogP) is 1.53. The molecule has 1 rings (SSSR count). The van der Waals surface area contributed by atoms with Crippen molar-refractivity contribution in [1.82, 2.24) is 0 Å². The Balaban J connectivity index is 2.64. The summed E-state index contributed by atoms with van der Waals surface area (Å²) in [6.07, 6.45) is -0.0000463. The SMILES string of the molecule is Cc1csc(C(N)CC(=O)O)c1. The molecule has 1 unspecified atom stereocenters. The van der Waals surface area contributed by atoms with E-state index in [9.17, 15) is 4.79 Å². The van der Waals surface area contributed by atoms with Crippen molar-refractivity contribution in [2.45, 2.75) is 19.4 Å². The van der Waals surface area contributed by atoms with Gasteiger partial charge in [0.05, 0.1) is 6.42 Å². The van der Waals surface area contributed by atoms with Crippen molar-refractivity contribution >= 4 is 17.3 Å². The van der Waals surface area contributed by atoms with Crippen LogP contribution in [-0.4, -0.2) is 11.1 Å². The van der Waals surface area contributed by atoms with Gasteiger partial charge in [-0.1, -0.05) is 0 Å². The summed E-state index contributed by atoms with van der Waals surface area (Å²) in [7, 11) is 0. The second kappa shape index (κ2) is 3.69. The zero-order chi connectivity index (χ0) is 9.14. The molecule has 1 heterocycles. The van der Waals surface area contributed by atoms with Crippen LogP contribution in [0.1, 0.15) is 22.9 Å². The molecule has 0 aliphatic heterocycles. The molecule has 1 atom stereocenters. The summed E-state index contributed by atoms with van der Waals surface area (Å²) in [6, 6.07) is 1.57. The van der Waals surface area contributed by atoms with Crippen molar-refractivity contribution in [3.05, 3.63) is 21.9 Å². The Morgan fingerprint density at radius 2 is 2.50 bits per heavy atom. The van der Waals surface area contributed by atoms with Crippen LogP contribution in [0.3, 0.4) is 0 Å². The number of aliphatic carboxylic acids is 1. The molecule has 0 aliphatic rings. The average Bonchev–Trinajstić information content (AvgIpc) is 2.34. The summed E-state index contributed by atoms with van der Waals surface area (Å²) >= 11 is 1.51. The molecule has 4 heteroatoms. The highest BCUT2D eigenvalue weighted by atomic mass is 32.1. The van der Waals surface area contributed by atoms with Crippen LogP contribution >= 0.6 is 11.3 Å². The van der Waals surface area contributed by atoms with Gasteiger partial charge in [0.1, 0.15) is 0 Å². The Hall–Kier alpha value is -0.870. The summed E-state index contributed by atoms with van der Waals surface area (Å²) in [4.78, 5) is 11.3. The van der Waals surface area contributed by atoms with Gasteiger partial charge in [0, 0.05) is 10.9 Å². The quantitative estimate of drug-likeness (QED) is 0.750. The van der Waals surface area contributed by atoms with E-state index < -0.39 is 5.97 Å². The van der Waals surface area contributed by atoms with E-state index in [4.69, 9.17) is 10.8 Å². The monoisotopic (exact) mass is 185 g/mol. The molecule has 0 radical (unpaired) electrons. The summed E-state index contributed by atoms with van der Waals surface area (Å²) in [5.41, 5.74) is 6.77. The second-order valence-electron chi connectivity index (χ2n) is 2.73. The number of hydrogen-bond donors (Lipinski definition) is 2. The first kappa shape index (κ1) is 9.22. The predicted molar refractivity (Wildman–Crippen MR) is 48.2 cm³/mol. The fraction of sp³-hybridized carbons (Fsp3) is 0.375. The highest BCUT2D eigenvalue weighted by molar-refractivity contribution is 7.10. The third-order valence-corrected chi connectivity index (χ3v) is 2.69. The van der Waals surface area contributed by atoms with Gasteiger partial charge in [0.15, 0.2) is 0 Å². The van der Waals surface area contributed by atoms with E-state index >= 15 is 0 Å². The molecule has 0 aliphatic carbocycles. The largest absolute Gasteiger partial charge is 0.481 e. The van der Waals surface area contributed by atoms with E-state index in [1.54, 1.807) is 0 Å². The van der Waals surface area contributed by atoms with Crippen LogP contribution in [0.25, 0.3) is 0 Å². The van der Waals surface area contributed by atoms with Gasteiger partial charge in [-0.2, -0.15) is 0 Å². The lowest BCUT2D eigenvalue weighted by atomic mass is 10.2. The fourth-order valence-corrected chi connectivity index (χ4v) is 1.84. The second-order valence-corrected chi connectivity index (χ2v) is 3.67. The molecule has 12 heavy (non-hydrogen) atoms. The Morgan fingerprint density at radius 3 is 2.92 bits per heavy atom. The molecule has 0 amide bonds. The van der Waals surface area contributed by atoms with E-state index in [2.05, 4.69) is 0 Å². The van der Waals surface area contributed by atoms with E-state index in [1.165, 1.54) is 11.3 Å². The van der Waals surface area contributed by atoms with Gasteiger partial charge in [0.25, 0.3) is 0 Å². The Labute approximate surface area is 74.8 Å². The van der Waals surface area contributed by atoms with Crippen molar-refractivity contribution in [2.75, 3.05) is 0 Å². The molecule has 0 bridgehead atoms. The number of carboxylic acid groups (broad SMARTS) is 1. The maximum absolute atomic E-state index is 10.3. The number of hydrogen-bond acceptors (Lipinski definition) is 3. The van der Waals surface area contributed by atoms with Crippen LogP contribution < -0.4 is 5.73 Å². The van der Waals surface area contributed by atoms with Crippen LogP contribution in [0, 0.1) is 6.92 Å². The zero-order valence-corrected chi connectivity index (χ0v) is 7.60. The van der Waals surface area contributed by atoms with Crippen LogP contribution in [0.4, 0.5) is 0 Å². The van der Waals surface area contributed by atoms with Crippen LogP contribution in [0.5, 0.6) is 0 Å². The third-order valence-electron chi connectivity index (χ3n) is 1.51. The Kier molecular flexibility index (Phi) is 2.83. The van der Waals surface area contributed by atoms with Crippen LogP contribution in [0.2, 0.25) is 0 Å². The third kappa shape index (κ3) is 2.32. The van der Waals surface area contributed by atoms with Crippen LogP contribution in [0.15, 0.2) is 11.4 Å². The summed E-state index contributed by atoms with van der Waals surface area (Å²) in [5.74, 6) is -0.853. The maximum atomic E-state index is 10.3. The molecular formula is C8H11NO2S. The lowest BCUT2D eigenvalue weighted by Crippen LogP contribution is -2.13. The number of nitrogens with two attached hydrogens (primary N) is 1. The van der Waals surface area contributed by atoms with Crippen LogP contribution in [-0.2, 0) is 4.79 Å². The normalized spacial score (nSPS) is 12.8. The first-order valence-electron chi connectivity index (χ1n) is 3.62. The summed E-state index contributed by atoms with van der Waals surface area (Å²) in [6.45, 7) is 1.97. The number of carbonyl (C=O) groups is 1. The van der Waals surface area contributed by atoms with Crippen molar-refractivity contribution in [2.24, 2.45) is 5.73 Å². The van der Waals surface area contributed by atoms with E-state index in [0.29, 0.717) is 0 Å². The first-order chi connectivity index (χ1) is 5.59. The summed E-state index contributed by atoms with van der Waals surface area (Å²) in [5, 5.41) is 10.4. The van der Waals surface area contributed by atoms with Gasteiger partial charge < -0.3 is 10.8 Å². The molecule has 0 fully saturated rings.